The summed E-state index contributed by atoms with van der Waals surface area (Å²) in [6, 6.07) is 6.70. The van der Waals surface area contributed by atoms with Crippen molar-refractivity contribution in [2.75, 3.05) is 19.6 Å². The summed E-state index contributed by atoms with van der Waals surface area (Å²) in [5, 5.41) is 11.8. The Morgan fingerprint density at radius 3 is 2.59 bits per heavy atom. The molecule has 0 saturated heterocycles. The summed E-state index contributed by atoms with van der Waals surface area (Å²) in [6.07, 6.45) is 7.37. The highest BCUT2D eigenvalue weighted by Gasteiger charge is 2.18. The Kier molecular flexibility index (Phi) is 8.57. The Hall–Kier alpha value is -1.60. The molecule has 1 aliphatic carbocycles. The molecular formula is C20H34N4O2S. The first-order valence-corrected chi connectivity index (χ1v) is 11.6. The van der Waals surface area contributed by atoms with E-state index in [1.807, 2.05) is 0 Å². The number of benzene rings is 1. The molecule has 1 aliphatic rings. The van der Waals surface area contributed by atoms with Crippen molar-refractivity contribution in [3.63, 3.8) is 0 Å². The molecule has 4 N–H and O–H groups in total. The average Bonchev–Trinajstić information content (AvgIpc) is 2.61. The van der Waals surface area contributed by atoms with Crippen molar-refractivity contribution < 1.29 is 8.42 Å². The lowest BCUT2D eigenvalue weighted by Crippen LogP contribution is -2.38. The molecule has 0 amide bonds. The predicted octanol–water partition coefficient (Wildman–Crippen LogP) is 2.65. The molecule has 2 unspecified atom stereocenters. The van der Waals surface area contributed by atoms with Crippen LogP contribution in [-0.2, 0) is 16.4 Å². The van der Waals surface area contributed by atoms with Crippen LogP contribution in [0, 0.1) is 11.8 Å². The lowest BCUT2D eigenvalue weighted by atomic mass is 9.81. The number of primary sulfonamides is 1. The van der Waals surface area contributed by atoms with Crippen molar-refractivity contribution in [1.29, 1.82) is 0 Å². The minimum absolute atomic E-state index is 0.145. The van der Waals surface area contributed by atoms with E-state index in [4.69, 9.17) is 10.1 Å². The van der Waals surface area contributed by atoms with E-state index in [0.717, 1.165) is 55.8 Å². The van der Waals surface area contributed by atoms with Gasteiger partial charge in [0.1, 0.15) is 0 Å². The van der Waals surface area contributed by atoms with Gasteiger partial charge in [-0.3, -0.25) is 4.99 Å². The molecule has 0 aliphatic heterocycles. The van der Waals surface area contributed by atoms with Gasteiger partial charge >= 0.3 is 0 Å². The van der Waals surface area contributed by atoms with Crippen LogP contribution in [0.15, 0.2) is 34.2 Å². The van der Waals surface area contributed by atoms with E-state index in [-0.39, 0.29) is 4.90 Å². The van der Waals surface area contributed by atoms with Crippen molar-refractivity contribution in [2.24, 2.45) is 22.0 Å². The number of aliphatic imine (C=N–C) groups is 1. The average molecular weight is 395 g/mol. The molecule has 7 heteroatoms. The Morgan fingerprint density at radius 2 is 1.96 bits per heavy atom. The van der Waals surface area contributed by atoms with E-state index >= 15 is 0 Å². The van der Waals surface area contributed by atoms with E-state index in [0.29, 0.717) is 0 Å². The highest BCUT2D eigenvalue weighted by molar-refractivity contribution is 7.89. The molecule has 27 heavy (non-hydrogen) atoms. The minimum Gasteiger partial charge on any atom is -0.357 e. The maximum absolute atomic E-state index is 11.3. The first-order chi connectivity index (χ1) is 12.9. The Balaban J connectivity index is 1.77. The summed E-state index contributed by atoms with van der Waals surface area (Å²) in [4.78, 5) is 4.85. The molecule has 1 aromatic carbocycles. The number of rotatable bonds is 8. The second-order valence-electron chi connectivity index (χ2n) is 7.55. The standard InChI is InChI=1S/C20H34N4O2S/c1-3-22-20(24-14-12-18-6-4-5-16(2)15-18)23-13-11-17-7-9-19(10-8-17)27(21,25)26/h7-10,16,18H,3-6,11-15H2,1-2H3,(H2,21,25,26)(H2,22,23,24). The molecule has 0 bridgehead atoms. The van der Waals surface area contributed by atoms with E-state index < -0.39 is 10.0 Å². The smallest absolute Gasteiger partial charge is 0.238 e. The summed E-state index contributed by atoms with van der Waals surface area (Å²) in [5.41, 5.74) is 1.06. The largest absolute Gasteiger partial charge is 0.357 e. The van der Waals surface area contributed by atoms with Gasteiger partial charge in [-0.15, -0.1) is 0 Å². The van der Waals surface area contributed by atoms with Crippen LogP contribution >= 0.6 is 0 Å². The molecule has 2 atom stereocenters. The van der Waals surface area contributed by atoms with Gasteiger partial charge in [0.25, 0.3) is 0 Å². The predicted molar refractivity (Wildman–Crippen MR) is 111 cm³/mol. The molecular weight excluding hydrogens is 360 g/mol. The highest BCUT2D eigenvalue weighted by Crippen LogP contribution is 2.30. The van der Waals surface area contributed by atoms with Crippen molar-refractivity contribution >= 4 is 16.0 Å². The van der Waals surface area contributed by atoms with Crippen LogP contribution in [0.4, 0.5) is 0 Å². The van der Waals surface area contributed by atoms with Gasteiger partial charge in [0, 0.05) is 19.6 Å². The van der Waals surface area contributed by atoms with Gasteiger partial charge in [-0.25, -0.2) is 13.6 Å². The zero-order valence-electron chi connectivity index (χ0n) is 16.6. The highest BCUT2D eigenvalue weighted by atomic mass is 32.2. The SMILES string of the molecule is CCNC(=NCCC1CCCC(C)C1)NCCc1ccc(S(N)(=O)=O)cc1. The molecule has 6 nitrogen and oxygen atoms in total. The number of nitrogens with zero attached hydrogens (tertiary/aromatic N) is 1. The molecule has 1 saturated carbocycles. The van der Waals surface area contributed by atoms with E-state index in [2.05, 4.69) is 24.5 Å². The van der Waals surface area contributed by atoms with Crippen LogP contribution < -0.4 is 15.8 Å². The Morgan fingerprint density at radius 1 is 1.22 bits per heavy atom. The zero-order valence-corrected chi connectivity index (χ0v) is 17.4. The third kappa shape index (κ3) is 7.89. The monoisotopic (exact) mass is 394 g/mol. The maximum atomic E-state index is 11.3. The third-order valence-corrected chi connectivity index (χ3v) is 6.08. The van der Waals surface area contributed by atoms with Crippen LogP contribution in [-0.4, -0.2) is 34.0 Å². The van der Waals surface area contributed by atoms with Crippen LogP contribution in [0.2, 0.25) is 0 Å². The minimum atomic E-state index is -3.63. The zero-order chi connectivity index (χ0) is 19.7. The lowest BCUT2D eigenvalue weighted by Gasteiger charge is -2.26. The van der Waals surface area contributed by atoms with Crippen LogP contribution in [0.3, 0.4) is 0 Å². The first kappa shape index (κ1) is 21.7. The van der Waals surface area contributed by atoms with Gasteiger partial charge in [-0.1, -0.05) is 38.3 Å². The fourth-order valence-corrected chi connectivity index (χ4v) is 4.21. The number of nitrogens with one attached hydrogen (secondary N) is 2. The van der Waals surface area contributed by atoms with Crippen LogP contribution in [0.25, 0.3) is 0 Å². The summed E-state index contributed by atoms with van der Waals surface area (Å²) in [7, 11) is -3.63. The van der Waals surface area contributed by atoms with Gasteiger partial charge in [0.2, 0.25) is 10.0 Å². The number of guanidine groups is 1. The van der Waals surface area contributed by atoms with Crippen molar-refractivity contribution in [3.05, 3.63) is 29.8 Å². The van der Waals surface area contributed by atoms with Gasteiger partial charge in [0.05, 0.1) is 4.90 Å². The van der Waals surface area contributed by atoms with Gasteiger partial charge in [0.15, 0.2) is 5.96 Å². The second-order valence-corrected chi connectivity index (χ2v) is 9.11. The number of sulfonamides is 1. The molecule has 2 rings (SSSR count). The summed E-state index contributed by atoms with van der Waals surface area (Å²) in [6.45, 7) is 6.84. The molecule has 1 fully saturated rings. The van der Waals surface area contributed by atoms with Crippen molar-refractivity contribution in [1.82, 2.24) is 10.6 Å². The van der Waals surface area contributed by atoms with E-state index in [1.165, 1.54) is 25.7 Å². The molecule has 0 aromatic heterocycles. The lowest BCUT2D eigenvalue weighted by molar-refractivity contribution is 0.272. The van der Waals surface area contributed by atoms with Crippen molar-refractivity contribution in [2.45, 2.75) is 57.3 Å². The summed E-state index contributed by atoms with van der Waals surface area (Å²) < 4.78 is 22.6. The van der Waals surface area contributed by atoms with Gasteiger partial charge in [-0.05, 0) is 55.7 Å². The van der Waals surface area contributed by atoms with Crippen LogP contribution in [0.5, 0.6) is 0 Å². The molecule has 0 radical (unpaired) electrons. The quantitative estimate of drug-likeness (QED) is 0.466. The van der Waals surface area contributed by atoms with E-state index in [9.17, 15) is 8.42 Å². The number of hydrogen-bond donors (Lipinski definition) is 3. The van der Waals surface area contributed by atoms with Gasteiger partial charge in [-0.2, -0.15) is 0 Å². The third-order valence-electron chi connectivity index (χ3n) is 5.15. The topological polar surface area (TPSA) is 96.6 Å². The normalized spacial score (nSPS) is 21.1. The Labute approximate surface area is 164 Å². The maximum Gasteiger partial charge on any atom is 0.238 e. The number of hydrogen-bond acceptors (Lipinski definition) is 3. The molecule has 0 heterocycles. The van der Waals surface area contributed by atoms with Crippen LogP contribution in [0.1, 0.15) is 51.5 Å². The molecule has 1 aromatic rings. The summed E-state index contributed by atoms with van der Waals surface area (Å²) >= 11 is 0. The van der Waals surface area contributed by atoms with E-state index in [1.54, 1.807) is 24.3 Å². The Bertz CT molecular complexity index is 701. The summed E-state index contributed by atoms with van der Waals surface area (Å²) in [5.74, 6) is 2.53. The fourth-order valence-electron chi connectivity index (χ4n) is 3.69. The fraction of sp³-hybridized carbons (Fsp3) is 0.650. The molecule has 152 valence electrons. The second kappa shape index (κ2) is 10.7. The molecule has 0 spiro atoms. The van der Waals surface area contributed by atoms with Gasteiger partial charge < -0.3 is 10.6 Å². The van der Waals surface area contributed by atoms with Crippen molar-refractivity contribution in [3.8, 4) is 0 Å². The first-order valence-electron chi connectivity index (χ1n) is 10.0. The number of nitrogens with two attached hydrogens (primary N) is 1.